The Morgan fingerprint density at radius 1 is 1.31 bits per heavy atom. The fraction of sp³-hybridized carbons (Fsp3) is 0.455. The molecule has 2 aromatic rings. The van der Waals surface area contributed by atoms with Crippen LogP contribution in [0.25, 0.3) is 0 Å². The van der Waals surface area contributed by atoms with Crippen molar-refractivity contribution in [1.82, 2.24) is 10.2 Å². The standard InChI is InChI=1S/C11H13N3O2/c1-7-2-5-9(15-7)6-12-11-14-13-10(16-11)8-3-4-8/h2,5,8H,3-4,6H2,1H3,(H,12,14). The Balaban J connectivity index is 1.61. The quantitative estimate of drug-likeness (QED) is 0.855. The van der Waals surface area contributed by atoms with Gasteiger partial charge in [0, 0.05) is 5.92 Å². The third-order valence-electron chi connectivity index (χ3n) is 2.58. The number of nitrogens with zero attached hydrogens (tertiary/aromatic N) is 2. The molecular formula is C11H13N3O2. The van der Waals surface area contributed by atoms with Gasteiger partial charge in [-0.15, -0.1) is 5.10 Å². The van der Waals surface area contributed by atoms with Crippen LogP contribution in [0.15, 0.2) is 21.0 Å². The van der Waals surface area contributed by atoms with Crippen molar-refractivity contribution < 1.29 is 8.83 Å². The Morgan fingerprint density at radius 3 is 2.88 bits per heavy atom. The van der Waals surface area contributed by atoms with Crippen LogP contribution < -0.4 is 5.32 Å². The number of anilines is 1. The van der Waals surface area contributed by atoms with Crippen LogP contribution >= 0.6 is 0 Å². The van der Waals surface area contributed by atoms with E-state index in [-0.39, 0.29) is 0 Å². The summed E-state index contributed by atoms with van der Waals surface area (Å²) in [5, 5.41) is 11.0. The number of aromatic nitrogens is 2. The average Bonchev–Trinajstić information content (AvgIpc) is 2.87. The van der Waals surface area contributed by atoms with Crippen molar-refractivity contribution in [1.29, 1.82) is 0 Å². The molecule has 84 valence electrons. The van der Waals surface area contributed by atoms with E-state index in [1.54, 1.807) is 0 Å². The van der Waals surface area contributed by atoms with E-state index < -0.39 is 0 Å². The van der Waals surface area contributed by atoms with Crippen LogP contribution in [0.2, 0.25) is 0 Å². The molecule has 1 N–H and O–H groups in total. The molecule has 5 nitrogen and oxygen atoms in total. The lowest BCUT2D eigenvalue weighted by Crippen LogP contribution is -1.97. The van der Waals surface area contributed by atoms with Crippen LogP contribution in [0.1, 0.15) is 36.2 Å². The number of aryl methyl sites for hydroxylation is 1. The van der Waals surface area contributed by atoms with E-state index in [0.717, 1.165) is 17.4 Å². The molecule has 1 aliphatic rings. The van der Waals surface area contributed by atoms with Gasteiger partial charge in [-0.3, -0.25) is 0 Å². The van der Waals surface area contributed by atoms with Crippen LogP contribution in [0.5, 0.6) is 0 Å². The minimum atomic E-state index is 0.468. The van der Waals surface area contributed by atoms with Crippen LogP contribution in [0.4, 0.5) is 6.01 Å². The lowest BCUT2D eigenvalue weighted by Gasteiger charge is -1.96. The first-order valence-corrected chi connectivity index (χ1v) is 5.44. The highest BCUT2D eigenvalue weighted by Gasteiger charge is 2.29. The van der Waals surface area contributed by atoms with Crippen molar-refractivity contribution in [3.63, 3.8) is 0 Å². The zero-order valence-electron chi connectivity index (χ0n) is 9.06. The summed E-state index contributed by atoms with van der Waals surface area (Å²) in [6.45, 7) is 2.49. The Hall–Kier alpha value is -1.78. The van der Waals surface area contributed by atoms with Gasteiger partial charge in [0.15, 0.2) is 0 Å². The van der Waals surface area contributed by atoms with Gasteiger partial charge in [-0.05, 0) is 31.9 Å². The van der Waals surface area contributed by atoms with Gasteiger partial charge in [0.25, 0.3) is 0 Å². The number of hydrogen-bond acceptors (Lipinski definition) is 5. The monoisotopic (exact) mass is 219 g/mol. The molecule has 2 heterocycles. The Labute approximate surface area is 92.9 Å². The molecule has 0 spiro atoms. The molecule has 0 radical (unpaired) electrons. The molecule has 16 heavy (non-hydrogen) atoms. The minimum Gasteiger partial charge on any atom is -0.465 e. The first-order valence-electron chi connectivity index (χ1n) is 5.44. The molecule has 2 aromatic heterocycles. The summed E-state index contributed by atoms with van der Waals surface area (Å²) < 4.78 is 10.9. The fourth-order valence-electron chi connectivity index (χ4n) is 1.54. The third kappa shape index (κ3) is 1.93. The molecule has 1 saturated carbocycles. The molecule has 1 aliphatic carbocycles. The van der Waals surface area contributed by atoms with Crippen molar-refractivity contribution in [2.24, 2.45) is 0 Å². The number of furan rings is 1. The molecule has 0 bridgehead atoms. The first-order chi connectivity index (χ1) is 7.81. The second kappa shape index (κ2) is 3.66. The summed E-state index contributed by atoms with van der Waals surface area (Å²) in [6, 6.07) is 4.33. The number of hydrogen-bond donors (Lipinski definition) is 1. The van der Waals surface area contributed by atoms with Crippen LogP contribution in [-0.2, 0) is 6.54 Å². The summed E-state index contributed by atoms with van der Waals surface area (Å²) in [5.74, 6) is 3.01. The Morgan fingerprint density at radius 2 is 2.19 bits per heavy atom. The molecule has 0 aromatic carbocycles. The summed E-state index contributed by atoms with van der Waals surface area (Å²) in [5.41, 5.74) is 0. The smallest absolute Gasteiger partial charge is 0.315 e. The van der Waals surface area contributed by atoms with Crippen molar-refractivity contribution in [3.8, 4) is 0 Å². The highest BCUT2D eigenvalue weighted by Crippen LogP contribution is 2.39. The van der Waals surface area contributed by atoms with E-state index in [1.165, 1.54) is 12.8 Å². The van der Waals surface area contributed by atoms with Gasteiger partial charge < -0.3 is 14.2 Å². The normalized spacial score (nSPS) is 15.3. The molecule has 0 unspecified atom stereocenters. The van der Waals surface area contributed by atoms with Gasteiger partial charge in [0.05, 0.1) is 6.54 Å². The molecule has 0 saturated heterocycles. The SMILES string of the molecule is Cc1ccc(CNc2nnc(C3CC3)o2)o1. The van der Waals surface area contributed by atoms with Gasteiger partial charge in [-0.25, -0.2) is 0 Å². The van der Waals surface area contributed by atoms with Crippen LogP contribution in [-0.4, -0.2) is 10.2 Å². The topological polar surface area (TPSA) is 64.1 Å². The zero-order valence-corrected chi connectivity index (χ0v) is 9.06. The molecule has 1 fully saturated rings. The van der Waals surface area contributed by atoms with Crippen LogP contribution in [0, 0.1) is 6.92 Å². The maximum Gasteiger partial charge on any atom is 0.315 e. The first kappa shape index (κ1) is 9.45. The van der Waals surface area contributed by atoms with E-state index >= 15 is 0 Å². The molecule has 0 atom stereocenters. The Kier molecular flexibility index (Phi) is 2.16. The van der Waals surface area contributed by atoms with Crippen molar-refractivity contribution in [3.05, 3.63) is 29.5 Å². The van der Waals surface area contributed by atoms with Gasteiger partial charge in [-0.1, -0.05) is 5.10 Å². The summed E-state index contributed by atoms with van der Waals surface area (Å²) >= 11 is 0. The zero-order chi connectivity index (χ0) is 11.0. The highest BCUT2D eigenvalue weighted by molar-refractivity contribution is 5.20. The predicted molar refractivity (Wildman–Crippen MR) is 57.0 cm³/mol. The van der Waals surface area contributed by atoms with Gasteiger partial charge in [0.2, 0.25) is 5.89 Å². The van der Waals surface area contributed by atoms with Crippen molar-refractivity contribution >= 4 is 6.01 Å². The second-order valence-electron chi connectivity index (χ2n) is 4.09. The summed E-state index contributed by atoms with van der Waals surface area (Å²) in [4.78, 5) is 0. The van der Waals surface area contributed by atoms with E-state index in [1.807, 2.05) is 19.1 Å². The molecule has 0 amide bonds. The van der Waals surface area contributed by atoms with Gasteiger partial charge in [-0.2, -0.15) is 0 Å². The number of nitrogens with one attached hydrogen (secondary N) is 1. The van der Waals surface area contributed by atoms with Gasteiger partial charge >= 0.3 is 6.01 Å². The molecule has 0 aliphatic heterocycles. The van der Waals surface area contributed by atoms with Crippen molar-refractivity contribution in [2.45, 2.75) is 32.2 Å². The Bertz CT molecular complexity index is 485. The number of rotatable bonds is 4. The van der Waals surface area contributed by atoms with E-state index in [9.17, 15) is 0 Å². The van der Waals surface area contributed by atoms with Crippen molar-refractivity contribution in [2.75, 3.05) is 5.32 Å². The van der Waals surface area contributed by atoms with Crippen LogP contribution in [0.3, 0.4) is 0 Å². The maximum atomic E-state index is 5.46. The van der Waals surface area contributed by atoms with Gasteiger partial charge in [0.1, 0.15) is 11.5 Å². The fourth-order valence-corrected chi connectivity index (χ4v) is 1.54. The highest BCUT2D eigenvalue weighted by atomic mass is 16.4. The minimum absolute atomic E-state index is 0.468. The lowest BCUT2D eigenvalue weighted by atomic mass is 10.4. The van der Waals surface area contributed by atoms with E-state index in [2.05, 4.69) is 15.5 Å². The molecule has 5 heteroatoms. The van der Waals surface area contributed by atoms with E-state index in [0.29, 0.717) is 18.5 Å². The largest absolute Gasteiger partial charge is 0.465 e. The maximum absolute atomic E-state index is 5.46. The van der Waals surface area contributed by atoms with E-state index in [4.69, 9.17) is 8.83 Å². The predicted octanol–water partition coefficient (Wildman–Crippen LogP) is 2.46. The lowest BCUT2D eigenvalue weighted by molar-refractivity contribution is 0.478. The molecular weight excluding hydrogens is 206 g/mol. The molecule has 3 rings (SSSR count). The average molecular weight is 219 g/mol. The summed E-state index contributed by atoms with van der Waals surface area (Å²) in [6.07, 6.45) is 2.33. The second-order valence-corrected chi connectivity index (χ2v) is 4.09. The third-order valence-corrected chi connectivity index (χ3v) is 2.58. The summed E-state index contributed by atoms with van der Waals surface area (Å²) in [7, 11) is 0.